The number of carbonyl (C=O) groups is 1. The number of nitrogens with one attached hydrogen (secondary N) is 2. The zero-order valence-electron chi connectivity index (χ0n) is 22.2. The minimum absolute atomic E-state index is 0.0496. The van der Waals surface area contributed by atoms with E-state index in [1.54, 1.807) is 18.3 Å². The molecule has 208 valence electrons. The highest BCUT2D eigenvalue weighted by Gasteiger charge is 2.30. The molecule has 0 spiro atoms. The number of ether oxygens (including phenoxy) is 1. The second-order valence-electron chi connectivity index (χ2n) is 10.7. The predicted molar refractivity (Wildman–Crippen MR) is 156 cm³/mol. The van der Waals surface area contributed by atoms with Gasteiger partial charge in [0, 0.05) is 54.3 Å². The Morgan fingerprint density at radius 3 is 2.79 bits per heavy atom. The molecule has 0 bridgehead atoms. The van der Waals surface area contributed by atoms with Gasteiger partial charge in [0.25, 0.3) is 0 Å². The number of nitrogen functional groups attached to an aromatic ring is 1. The third kappa shape index (κ3) is 6.92. The number of halogens is 2. The maximum absolute atomic E-state index is 12.7. The predicted octanol–water partition coefficient (Wildman–Crippen LogP) is 4.95. The maximum Gasteiger partial charge on any atom is 0.324 e. The number of benzene rings is 1. The number of carbonyl (C=O) groups excluding carboxylic acids is 1. The lowest BCUT2D eigenvalue weighted by Gasteiger charge is -2.34. The molecule has 1 saturated heterocycles. The monoisotopic (exact) mass is 570 g/mol. The molecule has 3 atom stereocenters. The van der Waals surface area contributed by atoms with E-state index in [-0.39, 0.29) is 30.0 Å². The number of nitrogens with two attached hydrogens (primary N) is 1. The number of hydrogen-bond donors (Lipinski definition) is 3. The summed E-state index contributed by atoms with van der Waals surface area (Å²) in [6.45, 7) is 5.58. The zero-order valence-corrected chi connectivity index (χ0v) is 23.7. The van der Waals surface area contributed by atoms with E-state index >= 15 is 0 Å². The average Bonchev–Trinajstić information content (AvgIpc) is 3.44. The fraction of sp³-hybridized carbons (Fsp3) is 0.483. The third-order valence-corrected chi connectivity index (χ3v) is 8.47. The lowest BCUT2D eigenvalue weighted by molar-refractivity contribution is -0.152. The number of allylic oxidation sites excluding steroid dienone is 2. The summed E-state index contributed by atoms with van der Waals surface area (Å²) in [5.41, 5.74) is 8.97. The largest absolute Gasteiger partial charge is 0.461 e. The van der Waals surface area contributed by atoms with Crippen LogP contribution in [-0.2, 0) is 16.1 Å². The Kier molecular flexibility index (Phi) is 9.07. The quantitative estimate of drug-likeness (QED) is 0.383. The Balaban J connectivity index is 1.24. The van der Waals surface area contributed by atoms with Crippen LogP contribution >= 0.6 is 23.2 Å². The van der Waals surface area contributed by atoms with Gasteiger partial charge >= 0.3 is 5.97 Å². The van der Waals surface area contributed by atoms with Crippen LogP contribution in [0, 0.1) is 5.92 Å². The van der Waals surface area contributed by atoms with Gasteiger partial charge in [0.05, 0.1) is 11.9 Å². The molecule has 2 aliphatic carbocycles. The molecule has 1 aromatic heterocycles. The van der Waals surface area contributed by atoms with E-state index in [2.05, 4.69) is 45.7 Å². The van der Waals surface area contributed by atoms with Gasteiger partial charge in [0.1, 0.15) is 12.1 Å². The fourth-order valence-electron chi connectivity index (χ4n) is 5.49. The van der Waals surface area contributed by atoms with Gasteiger partial charge < -0.3 is 21.1 Å². The minimum atomic E-state index is -0.287. The van der Waals surface area contributed by atoms with Crippen LogP contribution in [0.1, 0.15) is 49.8 Å². The van der Waals surface area contributed by atoms with Crippen LogP contribution in [0.2, 0.25) is 10.0 Å². The highest BCUT2D eigenvalue weighted by Crippen LogP contribution is 2.33. The number of hydrogen-bond acceptors (Lipinski definition) is 8. The van der Waals surface area contributed by atoms with Crippen molar-refractivity contribution in [3.63, 3.8) is 0 Å². The van der Waals surface area contributed by atoms with Gasteiger partial charge in [-0.15, -0.1) is 0 Å². The van der Waals surface area contributed by atoms with Crippen LogP contribution in [0.5, 0.6) is 0 Å². The molecule has 1 aliphatic heterocycles. The van der Waals surface area contributed by atoms with E-state index in [1.807, 2.05) is 6.07 Å². The first-order valence-corrected chi connectivity index (χ1v) is 14.5. The van der Waals surface area contributed by atoms with Crippen molar-refractivity contribution in [3.8, 4) is 0 Å². The summed E-state index contributed by atoms with van der Waals surface area (Å²) in [6, 6.07) is 5.13. The molecule has 8 nitrogen and oxygen atoms in total. The average molecular weight is 572 g/mol. The molecule has 2 heterocycles. The Hall–Kier alpha value is -2.65. The van der Waals surface area contributed by atoms with E-state index in [1.165, 1.54) is 5.57 Å². The molecule has 39 heavy (non-hydrogen) atoms. The third-order valence-electron chi connectivity index (χ3n) is 7.76. The van der Waals surface area contributed by atoms with Gasteiger partial charge in [-0.3, -0.25) is 9.69 Å². The summed E-state index contributed by atoms with van der Waals surface area (Å²) in [5.74, 6) is 0.997. The van der Waals surface area contributed by atoms with Crippen molar-refractivity contribution in [1.29, 1.82) is 0 Å². The van der Waals surface area contributed by atoms with E-state index in [4.69, 9.17) is 38.7 Å². The first-order valence-electron chi connectivity index (χ1n) is 13.7. The van der Waals surface area contributed by atoms with Crippen molar-refractivity contribution in [3.05, 3.63) is 69.5 Å². The van der Waals surface area contributed by atoms with Gasteiger partial charge in [-0.25, -0.2) is 9.97 Å². The lowest BCUT2D eigenvalue weighted by Crippen LogP contribution is -2.55. The van der Waals surface area contributed by atoms with Crippen molar-refractivity contribution < 1.29 is 9.53 Å². The fourth-order valence-corrected chi connectivity index (χ4v) is 6.02. The molecule has 2 aromatic rings. The number of piperazine rings is 1. The van der Waals surface area contributed by atoms with Crippen molar-refractivity contribution in [2.45, 2.75) is 57.2 Å². The second-order valence-corrected chi connectivity index (χ2v) is 11.5. The lowest BCUT2D eigenvalue weighted by atomic mass is 9.84. The summed E-state index contributed by atoms with van der Waals surface area (Å²) in [5, 5.41) is 7.76. The molecule has 2 fully saturated rings. The van der Waals surface area contributed by atoms with Crippen LogP contribution in [0.25, 0.3) is 0 Å². The van der Waals surface area contributed by atoms with Crippen molar-refractivity contribution in [2.75, 3.05) is 37.2 Å². The van der Waals surface area contributed by atoms with Gasteiger partial charge in [0.2, 0.25) is 0 Å². The summed E-state index contributed by atoms with van der Waals surface area (Å²) in [6.07, 6.45) is 12.7. The Bertz CT molecular complexity index is 1230. The second kappa shape index (κ2) is 12.7. The number of esters is 1. The summed E-state index contributed by atoms with van der Waals surface area (Å²) >= 11 is 12.7. The molecule has 4 N–H and O–H groups in total. The van der Waals surface area contributed by atoms with Crippen LogP contribution in [-0.4, -0.2) is 59.2 Å². The van der Waals surface area contributed by atoms with Gasteiger partial charge in [-0.1, -0.05) is 54.4 Å². The first kappa shape index (κ1) is 27.9. The van der Waals surface area contributed by atoms with E-state index in [0.717, 1.165) is 56.6 Å². The van der Waals surface area contributed by atoms with E-state index in [0.29, 0.717) is 34.8 Å². The van der Waals surface area contributed by atoms with Gasteiger partial charge in [-0.2, -0.15) is 0 Å². The smallest absolute Gasteiger partial charge is 0.324 e. The molecule has 5 rings (SSSR count). The number of rotatable bonds is 8. The SMILES string of the molecule is CC1C=CC(CN2CCN[C@H](C(=O)OC3CCCC3)C2)=CC1c1cnc(N)c(NCc2c(Cl)cccc2Cl)n1. The summed E-state index contributed by atoms with van der Waals surface area (Å²) in [4.78, 5) is 24.3. The van der Waals surface area contributed by atoms with Crippen LogP contribution in [0.4, 0.5) is 11.6 Å². The molecule has 3 aliphatic rings. The highest BCUT2D eigenvalue weighted by molar-refractivity contribution is 6.36. The normalized spacial score (nSPS) is 24.0. The van der Waals surface area contributed by atoms with Crippen molar-refractivity contribution in [2.24, 2.45) is 5.92 Å². The molecular weight excluding hydrogens is 535 g/mol. The minimum Gasteiger partial charge on any atom is -0.461 e. The summed E-state index contributed by atoms with van der Waals surface area (Å²) in [7, 11) is 0. The van der Waals surface area contributed by atoms with Gasteiger partial charge in [0.15, 0.2) is 11.6 Å². The number of anilines is 2. The van der Waals surface area contributed by atoms with Crippen molar-refractivity contribution in [1.82, 2.24) is 20.2 Å². The molecule has 0 radical (unpaired) electrons. The van der Waals surface area contributed by atoms with Crippen LogP contribution in [0.3, 0.4) is 0 Å². The molecule has 2 unspecified atom stereocenters. The molecular formula is C29H36Cl2N6O2. The standard InChI is InChI=1S/C29H36Cl2N6O2/c1-18-9-10-19(16-37-12-11-33-26(17-37)29(38)39-20-5-2-3-6-20)13-21(18)25-15-34-27(32)28(36-25)35-14-22-23(30)7-4-8-24(22)31/h4,7-10,13,15,18,20-21,26,33H,2-3,5-6,11-12,14,16-17H2,1H3,(H2,32,34)(H,35,36)/t18?,21?,26-/m0/s1. The highest BCUT2D eigenvalue weighted by atomic mass is 35.5. The van der Waals surface area contributed by atoms with Crippen molar-refractivity contribution >= 4 is 40.8 Å². The number of nitrogens with zero attached hydrogens (tertiary/aromatic N) is 3. The van der Waals surface area contributed by atoms with Gasteiger partial charge in [-0.05, 0) is 49.3 Å². The summed E-state index contributed by atoms with van der Waals surface area (Å²) < 4.78 is 5.76. The zero-order chi connectivity index (χ0) is 27.4. The first-order chi connectivity index (χ1) is 18.9. The topological polar surface area (TPSA) is 105 Å². The number of aromatic nitrogens is 2. The van der Waals surface area contributed by atoms with E-state index in [9.17, 15) is 4.79 Å². The Morgan fingerprint density at radius 1 is 1.26 bits per heavy atom. The van der Waals surface area contributed by atoms with Crippen LogP contribution in [0.15, 0.2) is 48.2 Å². The van der Waals surface area contributed by atoms with Crippen LogP contribution < -0.4 is 16.4 Å². The van der Waals surface area contributed by atoms with E-state index < -0.39 is 0 Å². The molecule has 1 saturated carbocycles. The Labute approximate surface area is 240 Å². The molecule has 0 amide bonds. The Morgan fingerprint density at radius 2 is 2.03 bits per heavy atom. The maximum atomic E-state index is 12.7. The molecule has 10 heteroatoms. The molecule has 1 aromatic carbocycles.